The van der Waals surface area contributed by atoms with Crippen molar-refractivity contribution in [1.29, 1.82) is 0 Å². The Balaban J connectivity index is 1.59. The molecule has 0 aliphatic rings. The molecule has 23 heavy (non-hydrogen) atoms. The molecular weight excluding hydrogens is 328 g/mol. The zero-order chi connectivity index (χ0) is 16.1. The van der Waals surface area contributed by atoms with E-state index in [0.29, 0.717) is 17.1 Å². The standard InChI is InChI=1S/C17H14N2O2S2/c1-12-18-19-17(23-12)22-11-16(20)13-7-9-15(10-8-13)21-14-5-3-2-4-6-14/h2-10H,11H2,1H3. The number of carbonyl (C=O) groups excluding carboxylic acids is 1. The lowest BCUT2D eigenvalue weighted by Gasteiger charge is -2.06. The Labute approximate surface area is 142 Å². The lowest BCUT2D eigenvalue weighted by atomic mass is 10.1. The highest BCUT2D eigenvalue weighted by Crippen LogP contribution is 2.24. The minimum absolute atomic E-state index is 0.0640. The maximum Gasteiger partial charge on any atom is 0.174 e. The first-order valence-electron chi connectivity index (χ1n) is 7.00. The van der Waals surface area contributed by atoms with Gasteiger partial charge < -0.3 is 4.74 Å². The molecule has 6 heteroatoms. The number of para-hydroxylation sites is 1. The molecule has 3 rings (SSSR count). The van der Waals surface area contributed by atoms with Gasteiger partial charge in [0.15, 0.2) is 10.1 Å². The van der Waals surface area contributed by atoms with Gasteiger partial charge >= 0.3 is 0 Å². The fraction of sp³-hybridized carbons (Fsp3) is 0.118. The number of nitrogens with zero attached hydrogens (tertiary/aromatic N) is 2. The first-order valence-corrected chi connectivity index (χ1v) is 8.80. The third kappa shape index (κ3) is 4.40. The van der Waals surface area contributed by atoms with Gasteiger partial charge in [0.05, 0.1) is 5.75 Å². The van der Waals surface area contributed by atoms with E-state index in [1.807, 2.05) is 37.3 Å². The molecule has 0 radical (unpaired) electrons. The fourth-order valence-electron chi connectivity index (χ4n) is 1.88. The lowest BCUT2D eigenvalue weighted by molar-refractivity contribution is 0.102. The van der Waals surface area contributed by atoms with Gasteiger partial charge in [-0.1, -0.05) is 41.3 Å². The summed E-state index contributed by atoms with van der Waals surface area (Å²) in [6.45, 7) is 1.90. The highest BCUT2D eigenvalue weighted by atomic mass is 32.2. The van der Waals surface area contributed by atoms with E-state index in [-0.39, 0.29) is 5.78 Å². The van der Waals surface area contributed by atoms with Crippen LogP contribution in [0.2, 0.25) is 0 Å². The second-order valence-corrected chi connectivity index (χ2v) is 7.14. The predicted octanol–water partition coefficient (Wildman–Crippen LogP) is 4.61. The maximum atomic E-state index is 12.2. The average molecular weight is 342 g/mol. The monoisotopic (exact) mass is 342 g/mol. The van der Waals surface area contributed by atoms with E-state index in [1.165, 1.54) is 23.1 Å². The van der Waals surface area contributed by atoms with Gasteiger partial charge in [0.1, 0.15) is 16.5 Å². The summed E-state index contributed by atoms with van der Waals surface area (Å²) in [7, 11) is 0. The zero-order valence-electron chi connectivity index (χ0n) is 12.4. The van der Waals surface area contributed by atoms with E-state index < -0.39 is 0 Å². The van der Waals surface area contributed by atoms with Gasteiger partial charge in [0, 0.05) is 5.56 Å². The van der Waals surface area contributed by atoms with E-state index in [9.17, 15) is 4.79 Å². The highest BCUT2D eigenvalue weighted by molar-refractivity contribution is 8.01. The predicted molar refractivity (Wildman–Crippen MR) is 92.7 cm³/mol. The van der Waals surface area contributed by atoms with E-state index >= 15 is 0 Å². The van der Waals surface area contributed by atoms with Gasteiger partial charge in [0.25, 0.3) is 0 Å². The quantitative estimate of drug-likeness (QED) is 0.483. The van der Waals surface area contributed by atoms with Crippen LogP contribution in [0.25, 0.3) is 0 Å². The number of hydrogen-bond acceptors (Lipinski definition) is 6. The van der Waals surface area contributed by atoms with Crippen LogP contribution in [0.4, 0.5) is 0 Å². The van der Waals surface area contributed by atoms with Crippen LogP contribution in [0, 0.1) is 6.92 Å². The van der Waals surface area contributed by atoms with Crippen molar-refractivity contribution < 1.29 is 9.53 Å². The lowest BCUT2D eigenvalue weighted by Crippen LogP contribution is -2.02. The third-order valence-corrected chi connectivity index (χ3v) is 4.96. The van der Waals surface area contributed by atoms with Crippen molar-refractivity contribution in [2.75, 3.05) is 5.75 Å². The summed E-state index contributed by atoms with van der Waals surface area (Å²) in [5.41, 5.74) is 0.666. The smallest absolute Gasteiger partial charge is 0.174 e. The van der Waals surface area contributed by atoms with E-state index in [4.69, 9.17) is 4.74 Å². The molecule has 0 unspecified atom stereocenters. The largest absolute Gasteiger partial charge is 0.457 e. The number of aryl methyl sites for hydroxylation is 1. The molecule has 0 amide bonds. The molecule has 0 N–H and O–H groups in total. The number of rotatable bonds is 6. The zero-order valence-corrected chi connectivity index (χ0v) is 14.1. The summed E-state index contributed by atoms with van der Waals surface area (Å²) in [5, 5.41) is 8.85. The van der Waals surface area contributed by atoms with Crippen LogP contribution in [0.1, 0.15) is 15.4 Å². The Morgan fingerprint density at radius 1 is 1.04 bits per heavy atom. The van der Waals surface area contributed by atoms with Gasteiger partial charge in [-0.3, -0.25) is 4.79 Å². The van der Waals surface area contributed by atoms with Crippen LogP contribution in [-0.4, -0.2) is 21.7 Å². The third-order valence-electron chi connectivity index (χ3n) is 2.99. The Kier molecular flexibility index (Phi) is 5.05. The molecule has 116 valence electrons. The van der Waals surface area contributed by atoms with E-state index in [2.05, 4.69) is 10.2 Å². The second kappa shape index (κ2) is 7.39. The molecule has 4 nitrogen and oxygen atoms in total. The molecule has 0 aliphatic heterocycles. The molecule has 0 bridgehead atoms. The van der Waals surface area contributed by atoms with Gasteiger partial charge in [-0.15, -0.1) is 10.2 Å². The van der Waals surface area contributed by atoms with Gasteiger partial charge in [-0.25, -0.2) is 0 Å². The molecule has 0 fully saturated rings. The van der Waals surface area contributed by atoms with Gasteiger partial charge in [-0.05, 0) is 43.3 Å². The summed E-state index contributed by atoms with van der Waals surface area (Å²) in [6, 6.07) is 16.7. The van der Waals surface area contributed by atoms with E-state index in [0.717, 1.165) is 15.1 Å². The minimum atomic E-state index is 0.0640. The molecule has 0 atom stereocenters. The summed E-state index contributed by atoms with van der Waals surface area (Å²) in [4.78, 5) is 12.2. The molecular formula is C17H14N2O2S2. The fourth-order valence-corrected chi connectivity index (χ4v) is 3.59. The molecule has 1 heterocycles. The van der Waals surface area contributed by atoms with Crippen LogP contribution in [0.5, 0.6) is 11.5 Å². The molecule has 0 saturated carbocycles. The Morgan fingerprint density at radius 2 is 1.74 bits per heavy atom. The first-order chi connectivity index (χ1) is 11.2. The first kappa shape index (κ1) is 15.7. The Morgan fingerprint density at radius 3 is 2.39 bits per heavy atom. The van der Waals surface area contributed by atoms with Crippen molar-refractivity contribution in [1.82, 2.24) is 10.2 Å². The number of ketones is 1. The maximum absolute atomic E-state index is 12.2. The number of thioether (sulfide) groups is 1. The van der Waals surface area contributed by atoms with Crippen molar-refractivity contribution in [3.8, 4) is 11.5 Å². The van der Waals surface area contributed by atoms with Crippen molar-refractivity contribution in [3.63, 3.8) is 0 Å². The van der Waals surface area contributed by atoms with Crippen molar-refractivity contribution in [2.45, 2.75) is 11.3 Å². The molecule has 2 aromatic carbocycles. The molecule has 3 aromatic rings. The summed E-state index contributed by atoms with van der Waals surface area (Å²) in [5.74, 6) is 1.90. The SMILES string of the molecule is Cc1nnc(SCC(=O)c2ccc(Oc3ccccc3)cc2)s1. The Bertz CT molecular complexity index is 786. The van der Waals surface area contributed by atoms with Crippen LogP contribution in [0.15, 0.2) is 58.9 Å². The molecule has 0 saturated heterocycles. The number of benzene rings is 2. The van der Waals surface area contributed by atoms with Crippen LogP contribution < -0.4 is 4.74 Å². The molecule has 0 spiro atoms. The minimum Gasteiger partial charge on any atom is -0.457 e. The number of ether oxygens (including phenoxy) is 1. The number of Topliss-reactive ketones (excluding diaryl/α,β-unsaturated/α-hetero) is 1. The van der Waals surface area contributed by atoms with Gasteiger partial charge in [-0.2, -0.15) is 0 Å². The summed E-state index contributed by atoms with van der Waals surface area (Å²) >= 11 is 2.91. The number of aromatic nitrogens is 2. The van der Waals surface area contributed by atoms with Crippen molar-refractivity contribution in [2.24, 2.45) is 0 Å². The topological polar surface area (TPSA) is 52.1 Å². The normalized spacial score (nSPS) is 10.5. The van der Waals surface area contributed by atoms with Gasteiger partial charge in [0.2, 0.25) is 0 Å². The van der Waals surface area contributed by atoms with Crippen molar-refractivity contribution in [3.05, 3.63) is 65.2 Å². The second-order valence-electron chi connectivity index (χ2n) is 4.74. The van der Waals surface area contributed by atoms with Crippen LogP contribution >= 0.6 is 23.1 Å². The average Bonchev–Trinajstić information content (AvgIpc) is 3.00. The molecule has 0 aliphatic carbocycles. The highest BCUT2D eigenvalue weighted by Gasteiger charge is 2.09. The number of carbonyl (C=O) groups is 1. The van der Waals surface area contributed by atoms with E-state index in [1.54, 1.807) is 24.3 Å². The number of hydrogen-bond donors (Lipinski definition) is 0. The summed E-state index contributed by atoms with van der Waals surface area (Å²) < 4.78 is 6.53. The summed E-state index contributed by atoms with van der Waals surface area (Å²) in [6.07, 6.45) is 0. The molecule has 1 aromatic heterocycles. The van der Waals surface area contributed by atoms with Crippen LogP contribution in [0.3, 0.4) is 0 Å². The van der Waals surface area contributed by atoms with Crippen LogP contribution in [-0.2, 0) is 0 Å². The van der Waals surface area contributed by atoms with Crippen molar-refractivity contribution >= 4 is 28.9 Å². The Hall–Kier alpha value is -2.18.